The molecular weight excluding hydrogens is 526 g/mol. The molecule has 3 amide bonds. The van der Waals surface area contributed by atoms with E-state index in [0.717, 1.165) is 67.2 Å². The molecular formula is C35H53N3O4. The van der Waals surface area contributed by atoms with Crippen molar-refractivity contribution in [2.45, 2.75) is 118 Å². The Balaban J connectivity index is 2.57. The normalized spacial score (nSPS) is 12.7. The van der Waals surface area contributed by atoms with Crippen LogP contribution in [0, 0.1) is 13.8 Å². The van der Waals surface area contributed by atoms with Gasteiger partial charge in [-0.2, -0.15) is 0 Å². The van der Waals surface area contributed by atoms with Gasteiger partial charge in [0.25, 0.3) is 0 Å². The van der Waals surface area contributed by atoms with Crippen molar-refractivity contribution < 1.29 is 19.1 Å². The number of nitrogens with zero attached hydrogens (tertiary/aromatic N) is 1. The summed E-state index contributed by atoms with van der Waals surface area (Å²) in [5.41, 5.74) is 2.93. The summed E-state index contributed by atoms with van der Waals surface area (Å²) in [6, 6.07) is 13.8. The molecule has 232 valence electrons. The summed E-state index contributed by atoms with van der Waals surface area (Å²) < 4.78 is 5.56. The molecule has 0 bridgehead atoms. The Bertz CT molecular complexity index is 1110. The third-order valence-electron chi connectivity index (χ3n) is 7.26. The monoisotopic (exact) mass is 579 g/mol. The molecule has 0 heterocycles. The maximum atomic E-state index is 14.6. The molecule has 0 radical (unpaired) electrons. The van der Waals surface area contributed by atoms with Crippen LogP contribution >= 0.6 is 0 Å². The van der Waals surface area contributed by atoms with Crippen molar-refractivity contribution in [2.24, 2.45) is 0 Å². The lowest BCUT2D eigenvalue weighted by atomic mass is 9.93. The molecule has 42 heavy (non-hydrogen) atoms. The highest BCUT2D eigenvalue weighted by molar-refractivity contribution is 5.92. The van der Waals surface area contributed by atoms with E-state index in [0.29, 0.717) is 13.1 Å². The minimum Gasteiger partial charge on any atom is -0.444 e. The molecule has 7 heteroatoms. The molecule has 2 aromatic carbocycles. The van der Waals surface area contributed by atoms with Gasteiger partial charge in [-0.3, -0.25) is 9.59 Å². The first-order valence-corrected chi connectivity index (χ1v) is 15.7. The zero-order valence-electron chi connectivity index (χ0n) is 26.9. The maximum Gasteiger partial charge on any atom is 0.408 e. The van der Waals surface area contributed by atoms with Crippen LogP contribution in [-0.2, 0) is 20.7 Å². The Hall–Kier alpha value is -3.35. The average molecular weight is 580 g/mol. The maximum absolute atomic E-state index is 14.6. The molecule has 2 aromatic rings. The van der Waals surface area contributed by atoms with Gasteiger partial charge in [0.05, 0.1) is 0 Å². The van der Waals surface area contributed by atoms with Crippen LogP contribution in [0.3, 0.4) is 0 Å². The summed E-state index contributed by atoms with van der Waals surface area (Å²) in [5.74, 6) is -0.489. The van der Waals surface area contributed by atoms with E-state index in [1.165, 1.54) is 0 Å². The van der Waals surface area contributed by atoms with E-state index in [9.17, 15) is 14.4 Å². The number of aryl methyl sites for hydroxylation is 2. The van der Waals surface area contributed by atoms with Crippen LogP contribution in [0.2, 0.25) is 0 Å². The van der Waals surface area contributed by atoms with Crippen LogP contribution < -0.4 is 10.6 Å². The Morgan fingerprint density at radius 2 is 1.45 bits per heavy atom. The van der Waals surface area contributed by atoms with Crippen LogP contribution in [0.1, 0.15) is 108 Å². The predicted octanol–water partition coefficient (Wildman–Crippen LogP) is 7.20. The first-order chi connectivity index (χ1) is 20.0. The van der Waals surface area contributed by atoms with E-state index in [-0.39, 0.29) is 18.2 Å². The van der Waals surface area contributed by atoms with E-state index in [1.807, 2.05) is 62.4 Å². The molecule has 2 N–H and O–H groups in total. The second-order valence-electron chi connectivity index (χ2n) is 12.2. The van der Waals surface area contributed by atoms with Crippen LogP contribution in [-0.4, -0.2) is 47.5 Å². The van der Waals surface area contributed by atoms with Crippen molar-refractivity contribution in [1.29, 1.82) is 0 Å². The van der Waals surface area contributed by atoms with E-state index in [4.69, 9.17) is 4.74 Å². The summed E-state index contributed by atoms with van der Waals surface area (Å²) >= 11 is 0. The zero-order valence-corrected chi connectivity index (χ0v) is 26.9. The number of carbonyl (C=O) groups excluding carboxylic acids is 3. The number of alkyl carbamates (subject to hydrolysis) is 1. The van der Waals surface area contributed by atoms with Crippen LogP contribution in [0.15, 0.2) is 48.5 Å². The number of benzene rings is 2. The lowest BCUT2D eigenvalue weighted by Crippen LogP contribution is -2.54. The van der Waals surface area contributed by atoms with Crippen molar-refractivity contribution in [2.75, 3.05) is 13.1 Å². The number of unbranched alkanes of at least 4 members (excludes halogenated alkanes) is 5. The van der Waals surface area contributed by atoms with Crippen LogP contribution in [0.25, 0.3) is 0 Å². The molecule has 0 aliphatic rings. The highest BCUT2D eigenvalue weighted by Gasteiger charge is 2.37. The fourth-order valence-corrected chi connectivity index (χ4v) is 5.12. The van der Waals surface area contributed by atoms with Gasteiger partial charge >= 0.3 is 6.09 Å². The topological polar surface area (TPSA) is 87.7 Å². The van der Waals surface area contributed by atoms with Gasteiger partial charge in [-0.1, -0.05) is 94.5 Å². The Morgan fingerprint density at radius 3 is 2.05 bits per heavy atom. The molecule has 0 fully saturated rings. The standard InChI is InChI=1S/C35H53N3O4/c1-8-10-12-13-17-24-38(31(32(39)36-23-11-9-2)30-26(3)19-18-20-27(30)4)33(40)29(25-28-21-15-14-16-22-28)37-34(41)42-35(5,6)7/h14-16,18-22,29,31H,8-13,17,23-25H2,1-7H3,(H,36,39)(H,37,41). The van der Waals surface area contributed by atoms with E-state index >= 15 is 0 Å². The van der Waals surface area contributed by atoms with Crippen molar-refractivity contribution in [3.8, 4) is 0 Å². The number of nitrogens with one attached hydrogen (secondary N) is 2. The highest BCUT2D eigenvalue weighted by Crippen LogP contribution is 2.29. The number of hydrogen-bond donors (Lipinski definition) is 2. The molecule has 0 saturated heterocycles. The first-order valence-electron chi connectivity index (χ1n) is 15.7. The molecule has 7 nitrogen and oxygen atoms in total. The molecule has 2 unspecified atom stereocenters. The zero-order chi connectivity index (χ0) is 31.1. The number of ether oxygens (including phenoxy) is 1. The third-order valence-corrected chi connectivity index (χ3v) is 7.26. The van der Waals surface area contributed by atoms with Crippen molar-refractivity contribution >= 4 is 17.9 Å². The van der Waals surface area contributed by atoms with Gasteiger partial charge < -0.3 is 20.3 Å². The molecule has 0 aliphatic carbocycles. The summed E-state index contributed by atoms with van der Waals surface area (Å²) in [7, 11) is 0. The summed E-state index contributed by atoms with van der Waals surface area (Å²) in [6.45, 7) is 14.5. The number of carbonyl (C=O) groups is 3. The average Bonchev–Trinajstić information content (AvgIpc) is 2.92. The van der Waals surface area contributed by atoms with E-state index in [1.54, 1.807) is 25.7 Å². The van der Waals surface area contributed by atoms with Gasteiger partial charge in [-0.25, -0.2) is 4.79 Å². The van der Waals surface area contributed by atoms with Crippen molar-refractivity contribution in [3.63, 3.8) is 0 Å². The molecule has 2 atom stereocenters. The smallest absolute Gasteiger partial charge is 0.408 e. The fraction of sp³-hybridized carbons (Fsp3) is 0.571. The van der Waals surface area contributed by atoms with Gasteiger partial charge in [0.1, 0.15) is 17.7 Å². The second kappa shape index (κ2) is 17.6. The van der Waals surface area contributed by atoms with Gasteiger partial charge in [-0.15, -0.1) is 0 Å². The Morgan fingerprint density at radius 1 is 0.833 bits per heavy atom. The summed E-state index contributed by atoms with van der Waals surface area (Å²) in [5, 5.41) is 5.95. The van der Waals surface area contributed by atoms with Gasteiger partial charge in [0.15, 0.2) is 0 Å². The van der Waals surface area contributed by atoms with E-state index in [2.05, 4.69) is 24.5 Å². The number of amides is 3. The van der Waals surface area contributed by atoms with Gasteiger partial charge in [0, 0.05) is 19.5 Å². The lowest BCUT2D eigenvalue weighted by molar-refractivity contribution is -0.142. The lowest BCUT2D eigenvalue weighted by Gasteiger charge is -2.36. The quantitative estimate of drug-likeness (QED) is 0.206. The first kappa shape index (κ1) is 34.8. The molecule has 0 saturated carbocycles. The Kier molecular flexibility index (Phi) is 14.6. The van der Waals surface area contributed by atoms with Crippen molar-refractivity contribution in [3.05, 3.63) is 70.8 Å². The SMILES string of the molecule is CCCCCCCN(C(=O)C(Cc1ccccc1)NC(=O)OC(C)(C)C)C(C(=O)NCCCC)c1c(C)cccc1C. The van der Waals surface area contributed by atoms with Crippen LogP contribution in [0.4, 0.5) is 4.79 Å². The van der Waals surface area contributed by atoms with Gasteiger partial charge in [-0.05, 0) is 69.7 Å². The molecule has 0 aromatic heterocycles. The van der Waals surface area contributed by atoms with Crippen molar-refractivity contribution in [1.82, 2.24) is 15.5 Å². The minimum absolute atomic E-state index is 0.196. The summed E-state index contributed by atoms with van der Waals surface area (Å²) in [6.07, 6.45) is 6.46. The number of hydrogen-bond acceptors (Lipinski definition) is 4. The van der Waals surface area contributed by atoms with Crippen LogP contribution in [0.5, 0.6) is 0 Å². The second-order valence-corrected chi connectivity index (χ2v) is 12.2. The molecule has 2 rings (SSSR count). The summed E-state index contributed by atoms with van der Waals surface area (Å²) in [4.78, 5) is 43.3. The molecule has 0 spiro atoms. The molecule has 0 aliphatic heterocycles. The third kappa shape index (κ3) is 11.5. The largest absolute Gasteiger partial charge is 0.444 e. The predicted molar refractivity (Wildman–Crippen MR) is 170 cm³/mol. The Labute approximate surface area is 253 Å². The highest BCUT2D eigenvalue weighted by atomic mass is 16.6. The minimum atomic E-state index is -0.909. The van der Waals surface area contributed by atoms with E-state index < -0.39 is 23.8 Å². The fourth-order valence-electron chi connectivity index (χ4n) is 5.12. The number of rotatable bonds is 16. The van der Waals surface area contributed by atoms with Gasteiger partial charge in [0.2, 0.25) is 11.8 Å².